The minimum atomic E-state index is 0.975. The maximum atomic E-state index is 4.76. The molecule has 0 saturated carbocycles. The van der Waals surface area contributed by atoms with E-state index in [1.165, 1.54) is 28.1 Å². The van der Waals surface area contributed by atoms with Crippen molar-refractivity contribution in [2.24, 2.45) is 0 Å². The second-order valence-corrected chi connectivity index (χ2v) is 5.26. The summed E-state index contributed by atoms with van der Waals surface area (Å²) in [6.45, 7) is 8.53. The quantitative estimate of drug-likeness (QED) is 0.894. The summed E-state index contributed by atoms with van der Waals surface area (Å²) < 4.78 is 2.14. The smallest absolute Gasteiger partial charge is 0.0684 e. The Morgan fingerprint density at radius 2 is 2.16 bits per heavy atom. The number of nitrogens with zero attached hydrogens (tertiary/aromatic N) is 2. The monoisotopic (exact) mass is 255 g/mol. The molecule has 1 aromatic carbocycles. The maximum absolute atomic E-state index is 4.76. The lowest BCUT2D eigenvalue weighted by Gasteiger charge is -2.20. The normalized spacial score (nSPS) is 14.5. The van der Waals surface area contributed by atoms with Crippen molar-refractivity contribution >= 4 is 0 Å². The Morgan fingerprint density at radius 3 is 2.89 bits per heavy atom. The first-order valence-corrected chi connectivity index (χ1v) is 7.09. The highest BCUT2D eigenvalue weighted by Crippen LogP contribution is 2.25. The van der Waals surface area contributed by atoms with Gasteiger partial charge in [-0.2, -0.15) is 5.10 Å². The molecule has 100 valence electrons. The molecule has 3 rings (SSSR count). The SMILES string of the molecule is CCc1c(C)nn(-c2cccc3c2CCNC3)c1C. The number of rotatable bonds is 2. The van der Waals surface area contributed by atoms with Crippen LogP contribution in [0, 0.1) is 13.8 Å². The van der Waals surface area contributed by atoms with Crippen LogP contribution in [0.4, 0.5) is 0 Å². The number of benzene rings is 1. The molecule has 0 bridgehead atoms. The van der Waals surface area contributed by atoms with Crippen molar-refractivity contribution in [1.82, 2.24) is 15.1 Å². The molecule has 2 aromatic rings. The maximum Gasteiger partial charge on any atom is 0.0684 e. The van der Waals surface area contributed by atoms with Crippen LogP contribution in [-0.4, -0.2) is 16.3 Å². The summed E-state index contributed by atoms with van der Waals surface area (Å²) in [7, 11) is 0. The van der Waals surface area contributed by atoms with Crippen molar-refractivity contribution < 1.29 is 0 Å². The van der Waals surface area contributed by atoms with Gasteiger partial charge in [0.05, 0.1) is 11.4 Å². The molecule has 0 radical (unpaired) electrons. The zero-order valence-corrected chi connectivity index (χ0v) is 12.0. The van der Waals surface area contributed by atoms with E-state index in [9.17, 15) is 0 Å². The van der Waals surface area contributed by atoms with E-state index >= 15 is 0 Å². The first-order chi connectivity index (χ1) is 9.22. The second-order valence-electron chi connectivity index (χ2n) is 5.26. The van der Waals surface area contributed by atoms with Gasteiger partial charge in [0.2, 0.25) is 0 Å². The van der Waals surface area contributed by atoms with Crippen molar-refractivity contribution in [3.05, 3.63) is 46.3 Å². The molecule has 0 atom stereocenters. The van der Waals surface area contributed by atoms with Crippen LogP contribution in [0.2, 0.25) is 0 Å². The number of hydrogen-bond acceptors (Lipinski definition) is 2. The fourth-order valence-corrected chi connectivity index (χ4v) is 3.13. The molecule has 3 nitrogen and oxygen atoms in total. The Labute approximate surface area is 114 Å². The van der Waals surface area contributed by atoms with Gasteiger partial charge in [0.25, 0.3) is 0 Å². The lowest BCUT2D eigenvalue weighted by atomic mass is 9.99. The predicted octanol–water partition coefficient (Wildman–Crippen LogP) is 2.70. The van der Waals surface area contributed by atoms with Gasteiger partial charge >= 0.3 is 0 Å². The third-order valence-corrected chi connectivity index (χ3v) is 4.14. The van der Waals surface area contributed by atoms with Crippen molar-refractivity contribution in [2.75, 3.05) is 6.54 Å². The molecule has 2 heterocycles. The third kappa shape index (κ3) is 1.98. The van der Waals surface area contributed by atoms with Gasteiger partial charge < -0.3 is 5.32 Å². The van der Waals surface area contributed by atoms with Gasteiger partial charge in [-0.15, -0.1) is 0 Å². The Kier molecular flexibility index (Phi) is 3.15. The van der Waals surface area contributed by atoms with Gasteiger partial charge in [0.15, 0.2) is 0 Å². The minimum absolute atomic E-state index is 0.975. The van der Waals surface area contributed by atoms with Gasteiger partial charge in [0, 0.05) is 12.2 Å². The van der Waals surface area contributed by atoms with E-state index in [2.05, 4.69) is 49.0 Å². The molecule has 1 aliphatic heterocycles. The fraction of sp³-hybridized carbons (Fsp3) is 0.438. The molecule has 19 heavy (non-hydrogen) atoms. The van der Waals surface area contributed by atoms with Crippen LogP contribution in [0.3, 0.4) is 0 Å². The van der Waals surface area contributed by atoms with E-state index in [4.69, 9.17) is 5.10 Å². The number of hydrogen-bond donors (Lipinski definition) is 1. The highest BCUT2D eigenvalue weighted by molar-refractivity contribution is 5.48. The molecule has 0 amide bonds. The van der Waals surface area contributed by atoms with Gasteiger partial charge in [-0.05, 0) is 56.0 Å². The molecular formula is C16H21N3. The Morgan fingerprint density at radius 1 is 1.32 bits per heavy atom. The average Bonchev–Trinajstić information content (AvgIpc) is 2.72. The molecule has 0 aliphatic carbocycles. The first kappa shape index (κ1) is 12.4. The van der Waals surface area contributed by atoms with Gasteiger partial charge in [-0.3, -0.25) is 0 Å². The van der Waals surface area contributed by atoms with Gasteiger partial charge in [-0.25, -0.2) is 4.68 Å². The van der Waals surface area contributed by atoms with Crippen molar-refractivity contribution in [1.29, 1.82) is 0 Å². The second kappa shape index (κ2) is 4.82. The van der Waals surface area contributed by atoms with Crippen LogP contribution in [0.25, 0.3) is 5.69 Å². The largest absolute Gasteiger partial charge is 0.312 e. The lowest BCUT2D eigenvalue weighted by molar-refractivity contribution is 0.637. The van der Waals surface area contributed by atoms with Crippen molar-refractivity contribution in [2.45, 2.75) is 40.2 Å². The van der Waals surface area contributed by atoms with Crippen molar-refractivity contribution in [3.63, 3.8) is 0 Å². The summed E-state index contributed by atoms with van der Waals surface area (Å²) in [5.74, 6) is 0. The summed E-state index contributed by atoms with van der Waals surface area (Å²) in [4.78, 5) is 0. The molecule has 0 unspecified atom stereocenters. The summed E-state index contributed by atoms with van der Waals surface area (Å²) in [5, 5.41) is 8.19. The van der Waals surface area contributed by atoms with E-state index in [1.807, 2.05) is 0 Å². The topological polar surface area (TPSA) is 29.9 Å². The molecular weight excluding hydrogens is 234 g/mol. The lowest BCUT2D eigenvalue weighted by Crippen LogP contribution is -2.25. The Balaban J connectivity index is 2.17. The molecule has 1 N–H and O–H groups in total. The number of fused-ring (bicyclic) bond motifs is 1. The van der Waals surface area contributed by atoms with Crippen LogP contribution in [0.15, 0.2) is 18.2 Å². The number of aryl methyl sites for hydroxylation is 1. The predicted molar refractivity (Wildman–Crippen MR) is 77.8 cm³/mol. The first-order valence-electron chi connectivity index (χ1n) is 7.09. The highest BCUT2D eigenvalue weighted by Gasteiger charge is 2.17. The number of nitrogens with one attached hydrogen (secondary N) is 1. The van der Waals surface area contributed by atoms with Gasteiger partial charge in [0.1, 0.15) is 0 Å². The Bertz CT molecular complexity index is 611. The van der Waals surface area contributed by atoms with E-state index in [0.717, 1.165) is 31.6 Å². The zero-order chi connectivity index (χ0) is 13.4. The van der Waals surface area contributed by atoms with Crippen LogP contribution in [0.5, 0.6) is 0 Å². The van der Waals surface area contributed by atoms with E-state index in [1.54, 1.807) is 0 Å². The standard InChI is InChI=1S/C16H21N3/c1-4-14-11(2)18-19(12(14)3)16-7-5-6-13-10-17-9-8-15(13)16/h5-7,17H,4,8-10H2,1-3H3. The van der Waals surface area contributed by atoms with Crippen LogP contribution < -0.4 is 5.32 Å². The molecule has 1 aliphatic rings. The van der Waals surface area contributed by atoms with E-state index in [-0.39, 0.29) is 0 Å². The van der Waals surface area contributed by atoms with Gasteiger partial charge in [-0.1, -0.05) is 19.1 Å². The highest BCUT2D eigenvalue weighted by atomic mass is 15.3. The van der Waals surface area contributed by atoms with Crippen molar-refractivity contribution in [3.8, 4) is 5.69 Å². The Hall–Kier alpha value is -1.61. The fourth-order valence-electron chi connectivity index (χ4n) is 3.13. The minimum Gasteiger partial charge on any atom is -0.312 e. The van der Waals surface area contributed by atoms with Crippen LogP contribution >= 0.6 is 0 Å². The van der Waals surface area contributed by atoms with E-state index in [0.29, 0.717) is 0 Å². The summed E-state index contributed by atoms with van der Waals surface area (Å²) >= 11 is 0. The molecule has 0 spiro atoms. The zero-order valence-electron chi connectivity index (χ0n) is 12.0. The summed E-state index contributed by atoms with van der Waals surface area (Å²) in [6.07, 6.45) is 2.14. The molecule has 3 heteroatoms. The van der Waals surface area contributed by atoms with E-state index < -0.39 is 0 Å². The number of aromatic nitrogens is 2. The molecule has 0 fully saturated rings. The molecule has 0 saturated heterocycles. The third-order valence-electron chi connectivity index (χ3n) is 4.14. The van der Waals surface area contributed by atoms with Crippen LogP contribution in [-0.2, 0) is 19.4 Å². The van der Waals surface area contributed by atoms with Crippen LogP contribution in [0.1, 0.15) is 35.0 Å². The average molecular weight is 255 g/mol. The molecule has 1 aromatic heterocycles. The summed E-state index contributed by atoms with van der Waals surface area (Å²) in [5.41, 5.74) is 7.95. The summed E-state index contributed by atoms with van der Waals surface area (Å²) in [6, 6.07) is 6.56.